The Morgan fingerprint density at radius 1 is 0.944 bits per heavy atom. The first-order valence-corrected chi connectivity index (χ1v) is 5.61. The fraction of sp³-hybridized carbons (Fsp3) is 0. The van der Waals surface area contributed by atoms with Crippen LogP contribution in [0.25, 0.3) is 6.08 Å². The molecule has 0 aliphatic carbocycles. The van der Waals surface area contributed by atoms with Gasteiger partial charge in [0.2, 0.25) is 0 Å². The summed E-state index contributed by atoms with van der Waals surface area (Å²) in [7, 11) is 0. The van der Waals surface area contributed by atoms with Crippen molar-refractivity contribution in [3.05, 3.63) is 72.1 Å². The fourth-order valence-electron chi connectivity index (χ4n) is 1.42. The van der Waals surface area contributed by atoms with Crippen molar-refractivity contribution < 1.29 is 4.39 Å². The molecule has 0 unspecified atom stereocenters. The molecule has 90 valence electrons. The van der Waals surface area contributed by atoms with E-state index in [9.17, 15) is 4.39 Å². The van der Waals surface area contributed by atoms with Gasteiger partial charge in [0.25, 0.3) is 0 Å². The second-order valence-corrected chi connectivity index (χ2v) is 3.64. The Morgan fingerprint density at radius 3 is 2.44 bits per heavy atom. The maximum atomic E-state index is 13.2. The number of rotatable bonds is 4. The molecule has 0 spiro atoms. The van der Waals surface area contributed by atoms with Crippen LogP contribution in [0.5, 0.6) is 0 Å². The largest absolute Gasteiger partial charge is 0.276 e. The smallest absolute Gasteiger partial charge is 0.148 e. The van der Waals surface area contributed by atoms with Gasteiger partial charge in [-0.3, -0.25) is 5.43 Å². The van der Waals surface area contributed by atoms with E-state index in [1.54, 1.807) is 30.5 Å². The highest BCUT2D eigenvalue weighted by atomic mass is 19.1. The van der Waals surface area contributed by atoms with Gasteiger partial charge in [0.05, 0.1) is 5.69 Å². The number of hydrogen-bond acceptors (Lipinski definition) is 2. The van der Waals surface area contributed by atoms with Crippen LogP contribution in [0.1, 0.15) is 5.56 Å². The number of anilines is 1. The van der Waals surface area contributed by atoms with E-state index in [1.165, 1.54) is 6.07 Å². The lowest BCUT2D eigenvalue weighted by Gasteiger charge is -1.99. The van der Waals surface area contributed by atoms with Gasteiger partial charge in [0, 0.05) is 6.21 Å². The highest BCUT2D eigenvalue weighted by Crippen LogP contribution is 2.11. The second-order valence-electron chi connectivity index (χ2n) is 3.64. The molecule has 2 aromatic rings. The average Bonchev–Trinajstić information content (AvgIpc) is 2.42. The number of benzene rings is 2. The molecule has 18 heavy (non-hydrogen) atoms. The van der Waals surface area contributed by atoms with Crippen LogP contribution in [-0.2, 0) is 0 Å². The van der Waals surface area contributed by atoms with Gasteiger partial charge in [-0.2, -0.15) is 5.10 Å². The summed E-state index contributed by atoms with van der Waals surface area (Å²) in [6, 6.07) is 16.3. The van der Waals surface area contributed by atoms with Gasteiger partial charge < -0.3 is 0 Å². The average molecular weight is 240 g/mol. The number of allylic oxidation sites excluding steroid dienone is 1. The maximum Gasteiger partial charge on any atom is 0.148 e. The minimum Gasteiger partial charge on any atom is -0.276 e. The monoisotopic (exact) mass is 240 g/mol. The third kappa shape index (κ3) is 3.56. The van der Waals surface area contributed by atoms with Gasteiger partial charge >= 0.3 is 0 Å². The lowest BCUT2D eigenvalue weighted by molar-refractivity contribution is 0.631. The minimum atomic E-state index is -0.318. The molecule has 0 aliphatic heterocycles. The lowest BCUT2D eigenvalue weighted by Crippen LogP contribution is -1.91. The van der Waals surface area contributed by atoms with Crippen molar-refractivity contribution in [2.75, 3.05) is 5.43 Å². The van der Waals surface area contributed by atoms with Crippen LogP contribution in [0.15, 0.2) is 65.8 Å². The van der Waals surface area contributed by atoms with Crippen LogP contribution < -0.4 is 5.43 Å². The van der Waals surface area contributed by atoms with Crippen molar-refractivity contribution in [1.29, 1.82) is 0 Å². The molecular weight excluding hydrogens is 227 g/mol. The topological polar surface area (TPSA) is 24.4 Å². The summed E-state index contributed by atoms with van der Waals surface area (Å²) in [5, 5.41) is 3.92. The molecule has 2 nitrogen and oxygen atoms in total. The predicted octanol–water partition coefficient (Wildman–Crippen LogP) is 3.94. The molecule has 0 saturated heterocycles. The number of nitrogens with zero attached hydrogens (tertiary/aromatic N) is 1. The molecule has 0 amide bonds. The quantitative estimate of drug-likeness (QED) is 0.635. The van der Waals surface area contributed by atoms with Crippen LogP contribution in [-0.4, -0.2) is 6.21 Å². The van der Waals surface area contributed by atoms with Crippen molar-refractivity contribution in [2.45, 2.75) is 0 Å². The number of para-hydroxylation sites is 1. The molecule has 0 bridgehead atoms. The molecule has 1 N–H and O–H groups in total. The van der Waals surface area contributed by atoms with Crippen molar-refractivity contribution in [3.8, 4) is 0 Å². The van der Waals surface area contributed by atoms with Crippen LogP contribution in [0, 0.1) is 5.82 Å². The summed E-state index contributed by atoms with van der Waals surface area (Å²) in [6.07, 6.45) is 5.30. The first kappa shape index (κ1) is 12.0. The maximum absolute atomic E-state index is 13.2. The van der Waals surface area contributed by atoms with E-state index in [0.717, 1.165) is 5.56 Å². The predicted molar refractivity (Wildman–Crippen MR) is 74.0 cm³/mol. The number of nitrogens with one attached hydrogen (secondary N) is 1. The molecule has 3 heteroatoms. The Hall–Kier alpha value is -2.42. The van der Waals surface area contributed by atoms with Crippen LogP contribution in [0.3, 0.4) is 0 Å². The van der Waals surface area contributed by atoms with Crippen molar-refractivity contribution in [2.24, 2.45) is 5.10 Å². The highest BCUT2D eigenvalue weighted by Gasteiger charge is 1.95. The molecular formula is C15H13FN2. The Bertz CT molecular complexity index is 547. The van der Waals surface area contributed by atoms with E-state index < -0.39 is 0 Å². The number of hydrogen-bond donors (Lipinski definition) is 1. The molecule has 0 radical (unpaired) electrons. The van der Waals surface area contributed by atoms with Gasteiger partial charge in [0.15, 0.2) is 0 Å². The standard InChI is InChI=1S/C15H13FN2/c16-14-10-4-5-11-15(14)18-17-12-6-9-13-7-2-1-3-8-13/h1-12,18H. The highest BCUT2D eigenvalue weighted by molar-refractivity contribution is 5.78. The minimum absolute atomic E-state index is 0.318. The molecule has 0 fully saturated rings. The molecule has 0 heterocycles. The molecule has 0 aromatic heterocycles. The SMILES string of the molecule is Fc1ccccc1NN=CC=Cc1ccccc1. The third-order valence-electron chi connectivity index (χ3n) is 2.31. The van der Waals surface area contributed by atoms with Crippen molar-refractivity contribution in [3.63, 3.8) is 0 Å². The summed E-state index contributed by atoms with van der Waals surface area (Å²) in [5.41, 5.74) is 4.10. The zero-order valence-electron chi connectivity index (χ0n) is 9.75. The first-order chi connectivity index (χ1) is 8.86. The number of halogens is 1. The van der Waals surface area contributed by atoms with E-state index >= 15 is 0 Å². The van der Waals surface area contributed by atoms with Crippen molar-refractivity contribution >= 4 is 18.0 Å². The summed E-state index contributed by atoms with van der Waals surface area (Å²) < 4.78 is 13.2. The van der Waals surface area contributed by atoms with Crippen molar-refractivity contribution in [1.82, 2.24) is 0 Å². The first-order valence-electron chi connectivity index (χ1n) is 5.61. The second kappa shape index (κ2) is 6.35. The zero-order valence-corrected chi connectivity index (χ0v) is 9.75. The summed E-state index contributed by atoms with van der Waals surface area (Å²) in [6.45, 7) is 0. The summed E-state index contributed by atoms with van der Waals surface area (Å²) >= 11 is 0. The van der Waals surface area contributed by atoms with E-state index in [1.807, 2.05) is 36.4 Å². The Balaban J connectivity index is 1.90. The molecule has 2 aromatic carbocycles. The van der Waals surface area contributed by atoms with Crippen LogP contribution in [0.2, 0.25) is 0 Å². The molecule has 2 rings (SSSR count). The van der Waals surface area contributed by atoms with E-state index in [2.05, 4.69) is 10.5 Å². The fourth-order valence-corrected chi connectivity index (χ4v) is 1.42. The summed E-state index contributed by atoms with van der Waals surface area (Å²) in [5.74, 6) is -0.318. The van der Waals surface area contributed by atoms with Gasteiger partial charge in [-0.25, -0.2) is 4.39 Å². The van der Waals surface area contributed by atoms with Crippen LogP contribution in [0.4, 0.5) is 10.1 Å². The zero-order chi connectivity index (χ0) is 12.6. The van der Waals surface area contributed by atoms with E-state index in [4.69, 9.17) is 0 Å². The van der Waals surface area contributed by atoms with Gasteiger partial charge in [0.1, 0.15) is 5.82 Å². The normalized spacial score (nSPS) is 11.2. The van der Waals surface area contributed by atoms with Gasteiger partial charge in [-0.15, -0.1) is 0 Å². The lowest BCUT2D eigenvalue weighted by atomic mass is 10.2. The Labute approximate surface area is 105 Å². The molecule has 0 atom stereocenters. The third-order valence-corrected chi connectivity index (χ3v) is 2.31. The van der Waals surface area contributed by atoms with Gasteiger partial charge in [-0.1, -0.05) is 48.5 Å². The Kier molecular flexibility index (Phi) is 4.25. The molecule has 0 aliphatic rings. The van der Waals surface area contributed by atoms with Gasteiger partial charge in [-0.05, 0) is 23.8 Å². The molecule has 0 saturated carbocycles. The van der Waals surface area contributed by atoms with E-state index in [-0.39, 0.29) is 5.82 Å². The summed E-state index contributed by atoms with van der Waals surface area (Å²) in [4.78, 5) is 0. The number of hydrazone groups is 1. The Morgan fingerprint density at radius 2 is 1.67 bits per heavy atom. The van der Waals surface area contributed by atoms with E-state index in [0.29, 0.717) is 5.69 Å². The van der Waals surface area contributed by atoms with Crippen LogP contribution >= 0.6 is 0 Å².